The highest BCUT2D eigenvalue weighted by Gasteiger charge is 2.29. The van der Waals surface area contributed by atoms with E-state index in [0.29, 0.717) is 43.8 Å². The third-order valence-corrected chi connectivity index (χ3v) is 10.2. The first-order valence-corrected chi connectivity index (χ1v) is 18.6. The quantitative estimate of drug-likeness (QED) is 0.0712. The Kier molecular flexibility index (Phi) is 13.2. The highest BCUT2D eigenvalue weighted by molar-refractivity contribution is 7.17. The Morgan fingerprint density at radius 2 is 1.68 bits per heavy atom. The molecule has 0 saturated heterocycles. The first-order valence-electron chi connectivity index (χ1n) is 17.7. The van der Waals surface area contributed by atoms with Crippen LogP contribution in [0.2, 0.25) is 0 Å². The van der Waals surface area contributed by atoms with Gasteiger partial charge in [-0.3, -0.25) is 19.2 Å². The zero-order valence-corrected chi connectivity index (χ0v) is 29.7. The van der Waals surface area contributed by atoms with Gasteiger partial charge in [0.1, 0.15) is 23.8 Å². The predicted molar refractivity (Wildman–Crippen MR) is 195 cm³/mol. The van der Waals surface area contributed by atoms with Crippen LogP contribution in [-0.2, 0) is 20.9 Å². The molecule has 2 aromatic carbocycles. The summed E-state index contributed by atoms with van der Waals surface area (Å²) in [6.45, 7) is 5.16. The van der Waals surface area contributed by atoms with Crippen molar-refractivity contribution < 1.29 is 28.3 Å². The van der Waals surface area contributed by atoms with Crippen LogP contribution < -0.4 is 20.3 Å². The van der Waals surface area contributed by atoms with Crippen LogP contribution in [0.25, 0.3) is 10.2 Å². The van der Waals surface area contributed by atoms with Crippen molar-refractivity contribution in [3.63, 3.8) is 0 Å². The zero-order chi connectivity index (χ0) is 35.5. The number of hydrogen-bond acceptors (Lipinski definition) is 6. The Morgan fingerprint density at radius 1 is 0.940 bits per heavy atom. The molecule has 0 bridgehead atoms. The van der Waals surface area contributed by atoms with Crippen LogP contribution in [0.3, 0.4) is 0 Å². The SMILES string of the molecule is CCN(C(=O)Cn1c(C(=O)N[C@H]2CC[C@H](C(=O)NCCCCCCCC(=O)Oc3ccc(F)cc3)CC2)cc2sccc21)c1cccc(C)c1. The molecule has 0 unspecified atom stereocenters. The van der Waals surface area contributed by atoms with Crippen LogP contribution in [0.1, 0.15) is 87.2 Å². The number of amides is 3. The summed E-state index contributed by atoms with van der Waals surface area (Å²) >= 11 is 1.55. The fraction of sp³-hybridized carbons (Fsp3) is 0.436. The molecule has 2 heterocycles. The predicted octanol–water partition coefficient (Wildman–Crippen LogP) is 7.55. The van der Waals surface area contributed by atoms with Crippen molar-refractivity contribution in [1.82, 2.24) is 15.2 Å². The molecule has 4 aromatic rings. The number of benzene rings is 2. The molecule has 2 N–H and O–H groups in total. The second-order valence-electron chi connectivity index (χ2n) is 13.0. The van der Waals surface area contributed by atoms with Crippen LogP contribution in [0.15, 0.2) is 66.0 Å². The van der Waals surface area contributed by atoms with Gasteiger partial charge in [-0.05, 0) is 112 Å². The summed E-state index contributed by atoms with van der Waals surface area (Å²) in [5.41, 5.74) is 3.27. The molecule has 50 heavy (non-hydrogen) atoms. The highest BCUT2D eigenvalue weighted by Crippen LogP contribution is 2.28. The van der Waals surface area contributed by atoms with E-state index < -0.39 is 0 Å². The third kappa shape index (κ3) is 10.0. The molecule has 2 aromatic heterocycles. The van der Waals surface area contributed by atoms with Crippen molar-refractivity contribution >= 4 is 50.9 Å². The lowest BCUT2D eigenvalue weighted by Crippen LogP contribution is -2.42. The number of carbonyl (C=O) groups is 4. The lowest BCUT2D eigenvalue weighted by molar-refractivity contribution is -0.134. The number of hydrogen-bond donors (Lipinski definition) is 2. The van der Waals surface area contributed by atoms with Gasteiger partial charge in [-0.2, -0.15) is 0 Å². The van der Waals surface area contributed by atoms with Gasteiger partial charge in [0.05, 0.1) is 10.2 Å². The molecule has 0 aliphatic heterocycles. The molecular formula is C39H47FN4O5S. The summed E-state index contributed by atoms with van der Waals surface area (Å²) < 4.78 is 21.0. The van der Waals surface area contributed by atoms with Crippen molar-refractivity contribution in [1.29, 1.82) is 0 Å². The van der Waals surface area contributed by atoms with E-state index in [2.05, 4.69) is 10.6 Å². The molecule has 0 spiro atoms. The Morgan fingerprint density at radius 3 is 2.42 bits per heavy atom. The Balaban J connectivity index is 1.00. The normalized spacial score (nSPS) is 15.8. The number of aryl methyl sites for hydroxylation is 1. The summed E-state index contributed by atoms with van der Waals surface area (Å²) in [5, 5.41) is 8.23. The summed E-state index contributed by atoms with van der Waals surface area (Å²) in [6.07, 6.45) is 7.58. The minimum Gasteiger partial charge on any atom is -0.427 e. The molecule has 5 rings (SSSR count). The lowest BCUT2D eigenvalue weighted by atomic mass is 9.85. The number of anilines is 1. The summed E-state index contributed by atoms with van der Waals surface area (Å²) in [4.78, 5) is 53.6. The second-order valence-corrected chi connectivity index (χ2v) is 14.0. The molecule has 1 aliphatic carbocycles. The topological polar surface area (TPSA) is 110 Å². The molecule has 9 nitrogen and oxygen atoms in total. The van der Waals surface area contributed by atoms with Gasteiger partial charge in [-0.25, -0.2) is 4.39 Å². The number of aromatic nitrogens is 1. The van der Waals surface area contributed by atoms with Gasteiger partial charge in [0.25, 0.3) is 5.91 Å². The number of rotatable bonds is 16. The van der Waals surface area contributed by atoms with Crippen molar-refractivity contribution in [3.8, 4) is 5.75 Å². The molecule has 1 saturated carbocycles. The van der Waals surface area contributed by atoms with Crippen molar-refractivity contribution in [2.24, 2.45) is 5.92 Å². The van der Waals surface area contributed by atoms with E-state index in [4.69, 9.17) is 4.74 Å². The molecule has 0 radical (unpaired) electrons. The standard InChI is InChI=1S/C39H47FN4O5S/c1-3-43(31-11-9-10-27(2)24-31)36(45)26-44-33-21-23-50-35(33)25-34(44)39(48)42-30-17-13-28(14-18-30)38(47)41-22-8-6-4-5-7-12-37(46)49-32-19-15-29(40)16-20-32/h9-11,15-16,19-21,23-25,28,30H,3-8,12-14,17-18,22,26H2,1-2H3,(H,41,47)(H,42,48)/t28-,30-. The van der Waals surface area contributed by atoms with Gasteiger partial charge in [0.15, 0.2) is 0 Å². The summed E-state index contributed by atoms with van der Waals surface area (Å²) in [6, 6.07) is 17.1. The van der Waals surface area contributed by atoms with Gasteiger partial charge >= 0.3 is 5.97 Å². The number of unbranched alkanes of at least 4 members (excludes halogenated alkanes) is 4. The van der Waals surface area contributed by atoms with Crippen LogP contribution >= 0.6 is 11.3 Å². The number of esters is 1. The highest BCUT2D eigenvalue weighted by atomic mass is 32.1. The average molecular weight is 703 g/mol. The number of halogens is 1. The minimum absolute atomic E-state index is 0.0314. The van der Waals surface area contributed by atoms with Gasteiger partial charge in [0.2, 0.25) is 11.8 Å². The van der Waals surface area contributed by atoms with Crippen LogP contribution in [-0.4, -0.2) is 47.4 Å². The zero-order valence-electron chi connectivity index (χ0n) is 28.9. The maximum absolute atomic E-state index is 13.6. The first kappa shape index (κ1) is 36.8. The van der Waals surface area contributed by atoms with Crippen molar-refractivity contribution in [3.05, 3.63) is 83.1 Å². The number of nitrogens with one attached hydrogen (secondary N) is 2. The van der Waals surface area contributed by atoms with Gasteiger partial charge in [-0.1, -0.05) is 31.4 Å². The van der Waals surface area contributed by atoms with E-state index in [1.54, 1.807) is 16.2 Å². The molecular weight excluding hydrogens is 656 g/mol. The molecule has 0 atom stereocenters. The number of nitrogens with zero attached hydrogens (tertiary/aromatic N) is 2. The monoisotopic (exact) mass is 702 g/mol. The van der Waals surface area contributed by atoms with Crippen LogP contribution in [0.5, 0.6) is 5.75 Å². The van der Waals surface area contributed by atoms with Crippen LogP contribution in [0, 0.1) is 18.7 Å². The number of carbonyl (C=O) groups excluding carboxylic acids is 4. The molecule has 1 aliphatic rings. The average Bonchev–Trinajstić information content (AvgIpc) is 3.70. The smallest absolute Gasteiger partial charge is 0.311 e. The maximum atomic E-state index is 13.6. The number of thiophene rings is 1. The van der Waals surface area contributed by atoms with E-state index in [-0.39, 0.29) is 48.0 Å². The van der Waals surface area contributed by atoms with Crippen LogP contribution in [0.4, 0.5) is 10.1 Å². The lowest BCUT2D eigenvalue weighted by Gasteiger charge is -2.28. The first-order chi connectivity index (χ1) is 24.2. The molecule has 266 valence electrons. The maximum Gasteiger partial charge on any atom is 0.311 e. The Labute approximate surface area is 297 Å². The van der Waals surface area contributed by atoms with Gasteiger partial charge < -0.3 is 24.8 Å². The fourth-order valence-electron chi connectivity index (χ4n) is 6.58. The van der Waals surface area contributed by atoms with E-state index in [1.807, 2.05) is 60.2 Å². The number of fused-ring (bicyclic) bond motifs is 1. The van der Waals surface area contributed by atoms with E-state index in [0.717, 1.165) is 66.4 Å². The van der Waals surface area contributed by atoms with E-state index >= 15 is 0 Å². The number of likely N-dealkylation sites (N-methyl/N-ethyl adjacent to an activating group) is 1. The fourth-order valence-corrected chi connectivity index (χ4v) is 7.40. The molecule has 11 heteroatoms. The summed E-state index contributed by atoms with van der Waals surface area (Å²) in [5.74, 6) is -0.622. The number of ether oxygens (including phenoxy) is 1. The third-order valence-electron chi connectivity index (χ3n) is 9.31. The van der Waals surface area contributed by atoms with Gasteiger partial charge in [0, 0.05) is 37.2 Å². The van der Waals surface area contributed by atoms with Gasteiger partial charge in [-0.15, -0.1) is 11.3 Å². The van der Waals surface area contributed by atoms with Crippen molar-refractivity contribution in [2.45, 2.75) is 90.6 Å². The largest absolute Gasteiger partial charge is 0.427 e. The van der Waals surface area contributed by atoms with Crippen molar-refractivity contribution in [2.75, 3.05) is 18.0 Å². The van der Waals surface area contributed by atoms with E-state index in [9.17, 15) is 23.6 Å². The Hall–Kier alpha value is -4.51. The Bertz CT molecular complexity index is 1760. The summed E-state index contributed by atoms with van der Waals surface area (Å²) in [7, 11) is 0. The van der Waals surface area contributed by atoms with E-state index in [1.165, 1.54) is 24.3 Å². The molecule has 1 fully saturated rings. The second kappa shape index (κ2) is 17.9. The minimum atomic E-state index is -0.373. The molecule has 3 amide bonds.